The highest BCUT2D eigenvalue weighted by atomic mass is 16.7. The third-order valence-corrected chi connectivity index (χ3v) is 5.70. The van der Waals surface area contributed by atoms with Crippen molar-refractivity contribution in [2.45, 2.75) is 50.1 Å². The summed E-state index contributed by atoms with van der Waals surface area (Å²) in [7, 11) is 0. The van der Waals surface area contributed by atoms with E-state index in [0.29, 0.717) is 12.8 Å². The summed E-state index contributed by atoms with van der Waals surface area (Å²) < 4.78 is 5.04. The fourth-order valence-corrected chi connectivity index (χ4v) is 4.31. The summed E-state index contributed by atoms with van der Waals surface area (Å²) in [6.07, 6.45) is -0.926. The van der Waals surface area contributed by atoms with E-state index in [1.54, 1.807) is 0 Å². The molecule has 5 heteroatoms. The van der Waals surface area contributed by atoms with Gasteiger partial charge in [-0.05, 0) is 47.9 Å². The van der Waals surface area contributed by atoms with Crippen molar-refractivity contribution in [3.05, 3.63) is 70.8 Å². The number of Topliss-reactive ketones (excluding diaryl/α,β-unsaturated/α-hetero) is 2. The molecule has 0 fully saturated rings. The van der Waals surface area contributed by atoms with Crippen LogP contribution in [0.5, 0.6) is 0 Å². The second-order valence-electron chi connectivity index (χ2n) is 7.23. The fraction of sp³-hybridized carbons (Fsp3) is 0.364. The second-order valence-corrected chi connectivity index (χ2v) is 7.23. The van der Waals surface area contributed by atoms with Crippen LogP contribution in [0.3, 0.4) is 0 Å². The Morgan fingerprint density at radius 1 is 0.778 bits per heavy atom. The minimum Gasteiger partial charge on any atom is -0.362 e. The lowest BCUT2D eigenvalue weighted by Gasteiger charge is -2.21. The number of rotatable bonds is 6. The number of hydrogen-bond donors (Lipinski definition) is 2. The highest BCUT2D eigenvalue weighted by Gasteiger charge is 2.37. The van der Waals surface area contributed by atoms with Crippen molar-refractivity contribution >= 4 is 11.6 Å². The Hall–Kier alpha value is -2.34. The Kier molecular flexibility index (Phi) is 4.91. The van der Waals surface area contributed by atoms with Gasteiger partial charge in [-0.2, -0.15) is 0 Å². The van der Waals surface area contributed by atoms with Crippen LogP contribution in [-0.4, -0.2) is 34.4 Å². The average Bonchev–Trinajstić information content (AvgIpc) is 3.31. The van der Waals surface area contributed by atoms with Gasteiger partial charge in [0.05, 0.1) is 0 Å². The van der Waals surface area contributed by atoms with Crippen LogP contribution in [0.2, 0.25) is 0 Å². The lowest BCUT2D eigenvalue weighted by molar-refractivity contribution is -0.209. The van der Waals surface area contributed by atoms with Crippen LogP contribution in [0.15, 0.2) is 48.5 Å². The Bertz CT molecular complexity index is 803. The van der Waals surface area contributed by atoms with Gasteiger partial charge in [-0.3, -0.25) is 9.59 Å². The van der Waals surface area contributed by atoms with Gasteiger partial charge in [0.15, 0.2) is 11.6 Å². The smallest absolute Gasteiger partial charge is 0.218 e. The van der Waals surface area contributed by atoms with Gasteiger partial charge in [-0.25, -0.2) is 0 Å². The molecule has 0 amide bonds. The van der Waals surface area contributed by atoms with Crippen LogP contribution >= 0.6 is 0 Å². The molecule has 2 aromatic rings. The molecule has 5 nitrogen and oxygen atoms in total. The van der Waals surface area contributed by atoms with Crippen molar-refractivity contribution in [1.82, 2.24) is 0 Å². The SMILES string of the molecule is O=C(C(O)OC(O)C(=O)C1CCc2ccccc21)C1CCc2ccccc21. The lowest BCUT2D eigenvalue weighted by Crippen LogP contribution is -2.37. The zero-order valence-electron chi connectivity index (χ0n) is 14.9. The Balaban J connectivity index is 1.42. The van der Waals surface area contributed by atoms with Crippen LogP contribution in [0.4, 0.5) is 0 Å². The number of ketones is 2. The predicted octanol–water partition coefficient (Wildman–Crippen LogP) is 2.24. The summed E-state index contributed by atoms with van der Waals surface area (Å²) in [4.78, 5) is 25.2. The van der Waals surface area contributed by atoms with Gasteiger partial charge in [0.2, 0.25) is 12.6 Å². The molecular formula is C22H22O5. The van der Waals surface area contributed by atoms with E-state index in [0.717, 1.165) is 35.1 Å². The maximum atomic E-state index is 12.6. The minimum absolute atomic E-state index is 0.467. The molecule has 2 aliphatic rings. The molecule has 4 unspecified atom stereocenters. The first kappa shape index (κ1) is 18.0. The fourth-order valence-electron chi connectivity index (χ4n) is 4.31. The summed E-state index contributed by atoms with van der Waals surface area (Å²) in [6.45, 7) is 0. The molecule has 0 aliphatic heterocycles. The number of ether oxygens (including phenoxy) is 1. The summed E-state index contributed by atoms with van der Waals surface area (Å²) in [6, 6.07) is 15.2. The Morgan fingerprint density at radius 2 is 1.19 bits per heavy atom. The van der Waals surface area contributed by atoms with Gasteiger partial charge in [0.25, 0.3) is 0 Å². The molecule has 2 aliphatic carbocycles. The zero-order valence-corrected chi connectivity index (χ0v) is 14.9. The molecular weight excluding hydrogens is 344 g/mol. The molecule has 140 valence electrons. The number of aliphatic hydroxyl groups is 2. The van der Waals surface area contributed by atoms with Crippen LogP contribution < -0.4 is 0 Å². The molecule has 0 saturated heterocycles. The highest BCUT2D eigenvalue weighted by molar-refractivity contribution is 5.91. The van der Waals surface area contributed by atoms with Gasteiger partial charge in [-0.15, -0.1) is 0 Å². The van der Waals surface area contributed by atoms with Crippen LogP contribution in [0.25, 0.3) is 0 Å². The maximum Gasteiger partial charge on any atom is 0.218 e. The molecule has 2 N–H and O–H groups in total. The molecule has 2 aromatic carbocycles. The number of hydrogen-bond acceptors (Lipinski definition) is 5. The molecule has 4 atom stereocenters. The van der Waals surface area contributed by atoms with Crippen LogP contribution in [0, 0.1) is 0 Å². The van der Waals surface area contributed by atoms with E-state index in [1.165, 1.54) is 0 Å². The quantitative estimate of drug-likeness (QED) is 0.766. The minimum atomic E-state index is -1.82. The Morgan fingerprint density at radius 3 is 1.63 bits per heavy atom. The van der Waals surface area contributed by atoms with Gasteiger partial charge >= 0.3 is 0 Å². The van der Waals surface area contributed by atoms with Crippen molar-refractivity contribution in [3.8, 4) is 0 Å². The Labute approximate surface area is 157 Å². The van der Waals surface area contributed by atoms with E-state index in [4.69, 9.17) is 4.74 Å². The molecule has 0 aromatic heterocycles. The predicted molar refractivity (Wildman–Crippen MR) is 98.1 cm³/mol. The summed E-state index contributed by atoms with van der Waals surface area (Å²) in [5.41, 5.74) is 3.94. The van der Waals surface area contributed by atoms with Gasteiger partial charge in [-0.1, -0.05) is 48.5 Å². The lowest BCUT2D eigenvalue weighted by atomic mass is 9.95. The number of fused-ring (bicyclic) bond motifs is 2. The normalized spacial score (nSPS) is 22.7. The van der Waals surface area contributed by atoms with E-state index >= 15 is 0 Å². The molecule has 27 heavy (non-hydrogen) atoms. The monoisotopic (exact) mass is 366 g/mol. The zero-order chi connectivity index (χ0) is 19.0. The standard InChI is InChI=1S/C22H22O5/c23-19(17-11-9-13-5-1-3-7-15(13)17)21(25)27-22(26)20(24)18-12-10-14-6-2-4-8-16(14)18/h1-8,17-18,21-22,25-26H,9-12H2. The molecule has 0 spiro atoms. The van der Waals surface area contributed by atoms with E-state index < -0.39 is 36.0 Å². The van der Waals surface area contributed by atoms with E-state index in [1.807, 2.05) is 48.5 Å². The first-order valence-electron chi connectivity index (χ1n) is 9.31. The highest BCUT2D eigenvalue weighted by Crippen LogP contribution is 2.36. The second kappa shape index (κ2) is 7.35. The van der Waals surface area contributed by atoms with E-state index in [2.05, 4.69) is 0 Å². The van der Waals surface area contributed by atoms with Crippen LogP contribution in [0.1, 0.15) is 46.9 Å². The average molecular weight is 366 g/mol. The van der Waals surface area contributed by atoms with Crippen molar-refractivity contribution in [2.24, 2.45) is 0 Å². The third kappa shape index (κ3) is 3.34. The number of benzene rings is 2. The topological polar surface area (TPSA) is 83.8 Å². The summed E-state index contributed by atoms with van der Waals surface area (Å²) in [5, 5.41) is 20.4. The van der Waals surface area contributed by atoms with E-state index in [-0.39, 0.29) is 0 Å². The molecule has 0 saturated carbocycles. The summed E-state index contributed by atoms with van der Waals surface area (Å²) in [5.74, 6) is -1.96. The largest absolute Gasteiger partial charge is 0.362 e. The first-order valence-corrected chi connectivity index (χ1v) is 9.31. The third-order valence-electron chi connectivity index (χ3n) is 5.70. The maximum absolute atomic E-state index is 12.6. The van der Waals surface area contributed by atoms with Gasteiger partial charge < -0.3 is 14.9 Å². The summed E-state index contributed by atoms with van der Waals surface area (Å²) >= 11 is 0. The van der Waals surface area contributed by atoms with Crippen molar-refractivity contribution < 1.29 is 24.5 Å². The van der Waals surface area contributed by atoms with E-state index in [9.17, 15) is 19.8 Å². The number of carbonyl (C=O) groups is 2. The molecule has 0 bridgehead atoms. The molecule has 0 radical (unpaired) electrons. The number of aliphatic hydroxyl groups excluding tert-OH is 2. The first-order chi connectivity index (χ1) is 13.1. The number of aryl methyl sites for hydroxylation is 2. The van der Waals surface area contributed by atoms with Crippen molar-refractivity contribution in [1.29, 1.82) is 0 Å². The molecule has 4 rings (SSSR count). The van der Waals surface area contributed by atoms with Crippen LogP contribution in [-0.2, 0) is 27.2 Å². The van der Waals surface area contributed by atoms with Gasteiger partial charge in [0.1, 0.15) is 0 Å². The van der Waals surface area contributed by atoms with Crippen molar-refractivity contribution in [2.75, 3.05) is 0 Å². The molecule has 0 heterocycles. The number of carbonyl (C=O) groups excluding carboxylic acids is 2. The van der Waals surface area contributed by atoms with Gasteiger partial charge in [0, 0.05) is 11.8 Å². The van der Waals surface area contributed by atoms with Crippen molar-refractivity contribution in [3.63, 3.8) is 0 Å².